The van der Waals surface area contributed by atoms with Gasteiger partial charge in [0.25, 0.3) is 0 Å². The first kappa shape index (κ1) is 13.5. The first-order valence-corrected chi connectivity index (χ1v) is 5.08. The standard InChI is InChI=1S/C11H11ClO5/c1-16-7-2-3-8(9(12)4-7)10(13)5-17-6-11(14)15/h2-4H,5-6H2,1H3,(H,14,15). The van der Waals surface area contributed by atoms with E-state index in [9.17, 15) is 9.59 Å². The number of benzene rings is 1. The number of ketones is 1. The van der Waals surface area contributed by atoms with Crippen LogP contribution in [-0.4, -0.2) is 37.2 Å². The first-order valence-electron chi connectivity index (χ1n) is 4.71. The van der Waals surface area contributed by atoms with Gasteiger partial charge in [-0.15, -0.1) is 0 Å². The van der Waals surface area contributed by atoms with E-state index in [0.717, 1.165) is 0 Å². The second-order valence-corrected chi connectivity index (χ2v) is 3.56. The number of carboxylic acids is 1. The summed E-state index contributed by atoms with van der Waals surface area (Å²) in [7, 11) is 1.49. The fraction of sp³-hybridized carbons (Fsp3) is 0.273. The summed E-state index contributed by atoms with van der Waals surface area (Å²) in [5.41, 5.74) is 0.276. The van der Waals surface area contributed by atoms with Crippen molar-refractivity contribution in [1.29, 1.82) is 0 Å². The predicted molar refractivity (Wildman–Crippen MR) is 60.8 cm³/mol. The summed E-state index contributed by atoms with van der Waals surface area (Å²) in [5.74, 6) is -0.962. The molecule has 0 saturated carbocycles. The van der Waals surface area contributed by atoms with Gasteiger partial charge in [-0.2, -0.15) is 0 Å². The van der Waals surface area contributed by atoms with Crippen molar-refractivity contribution in [2.24, 2.45) is 0 Å². The van der Waals surface area contributed by atoms with Gasteiger partial charge in [-0.1, -0.05) is 11.6 Å². The SMILES string of the molecule is COc1ccc(C(=O)COCC(=O)O)c(Cl)c1. The number of hydrogen-bond donors (Lipinski definition) is 1. The Morgan fingerprint density at radius 1 is 1.35 bits per heavy atom. The molecule has 1 N–H and O–H groups in total. The van der Waals surface area contributed by atoms with E-state index < -0.39 is 12.6 Å². The molecule has 0 aliphatic heterocycles. The lowest BCUT2D eigenvalue weighted by Gasteiger charge is -2.05. The zero-order valence-electron chi connectivity index (χ0n) is 9.10. The van der Waals surface area contributed by atoms with Crippen LogP contribution in [0.5, 0.6) is 5.75 Å². The van der Waals surface area contributed by atoms with Crippen LogP contribution in [-0.2, 0) is 9.53 Å². The number of methoxy groups -OCH3 is 1. The van der Waals surface area contributed by atoms with Crippen molar-refractivity contribution in [2.45, 2.75) is 0 Å². The molecule has 0 atom stereocenters. The molecule has 0 unspecified atom stereocenters. The Morgan fingerprint density at radius 3 is 2.59 bits per heavy atom. The van der Waals surface area contributed by atoms with Gasteiger partial charge in [-0.05, 0) is 18.2 Å². The highest BCUT2D eigenvalue weighted by Crippen LogP contribution is 2.22. The number of hydrogen-bond acceptors (Lipinski definition) is 4. The molecule has 0 bridgehead atoms. The molecule has 0 aromatic heterocycles. The molecule has 0 radical (unpaired) electrons. The summed E-state index contributed by atoms with van der Waals surface area (Å²) in [5, 5.41) is 8.58. The van der Waals surface area contributed by atoms with Crippen LogP contribution in [0.15, 0.2) is 18.2 Å². The summed E-state index contributed by atoms with van der Waals surface area (Å²) >= 11 is 5.87. The number of carbonyl (C=O) groups is 2. The van der Waals surface area contributed by atoms with Gasteiger partial charge in [0.15, 0.2) is 5.78 Å². The number of Topliss-reactive ketones (excluding diaryl/α,β-unsaturated/α-hetero) is 1. The zero-order valence-corrected chi connectivity index (χ0v) is 9.86. The third-order valence-electron chi connectivity index (χ3n) is 1.94. The Hall–Kier alpha value is -1.59. The third-order valence-corrected chi connectivity index (χ3v) is 2.25. The minimum atomic E-state index is -1.13. The fourth-order valence-electron chi connectivity index (χ4n) is 1.16. The predicted octanol–water partition coefficient (Wildman–Crippen LogP) is 1.63. The van der Waals surface area contributed by atoms with Crippen molar-refractivity contribution in [3.63, 3.8) is 0 Å². The molecule has 0 spiro atoms. The highest BCUT2D eigenvalue weighted by Gasteiger charge is 2.12. The quantitative estimate of drug-likeness (QED) is 0.785. The van der Waals surface area contributed by atoms with Gasteiger partial charge in [-0.3, -0.25) is 4.79 Å². The molecular formula is C11H11ClO5. The zero-order chi connectivity index (χ0) is 12.8. The summed E-state index contributed by atoms with van der Waals surface area (Å²) in [6.07, 6.45) is 0. The molecule has 1 rings (SSSR count). The second kappa shape index (κ2) is 6.22. The van der Waals surface area contributed by atoms with Gasteiger partial charge < -0.3 is 14.6 Å². The summed E-state index contributed by atoms with van der Waals surface area (Å²) < 4.78 is 9.62. The van der Waals surface area contributed by atoms with E-state index in [0.29, 0.717) is 5.75 Å². The lowest BCUT2D eigenvalue weighted by Crippen LogP contribution is -2.14. The largest absolute Gasteiger partial charge is 0.497 e. The van der Waals surface area contributed by atoms with E-state index in [1.807, 2.05) is 0 Å². The van der Waals surface area contributed by atoms with Gasteiger partial charge in [0, 0.05) is 5.56 Å². The van der Waals surface area contributed by atoms with E-state index in [1.165, 1.54) is 19.2 Å². The molecule has 1 aromatic carbocycles. The van der Waals surface area contributed by atoms with E-state index in [-0.39, 0.29) is 23.0 Å². The maximum absolute atomic E-state index is 11.6. The molecule has 6 heteroatoms. The molecule has 5 nitrogen and oxygen atoms in total. The number of carbonyl (C=O) groups excluding carboxylic acids is 1. The number of rotatable bonds is 6. The molecule has 17 heavy (non-hydrogen) atoms. The lowest BCUT2D eigenvalue weighted by atomic mass is 10.1. The maximum atomic E-state index is 11.6. The average Bonchev–Trinajstić information content (AvgIpc) is 2.28. The summed E-state index contributed by atoms with van der Waals surface area (Å²) in [4.78, 5) is 21.8. The molecule has 0 aliphatic rings. The topological polar surface area (TPSA) is 72.8 Å². The highest BCUT2D eigenvalue weighted by atomic mass is 35.5. The van der Waals surface area contributed by atoms with Crippen molar-refractivity contribution >= 4 is 23.4 Å². The third kappa shape index (κ3) is 4.05. The fourth-order valence-corrected chi connectivity index (χ4v) is 1.43. The van der Waals surface area contributed by atoms with Gasteiger partial charge >= 0.3 is 5.97 Å². The van der Waals surface area contributed by atoms with Crippen LogP contribution in [0.4, 0.5) is 0 Å². The van der Waals surface area contributed by atoms with Crippen LogP contribution in [0.2, 0.25) is 5.02 Å². The maximum Gasteiger partial charge on any atom is 0.329 e. The van der Waals surface area contributed by atoms with Crippen LogP contribution in [0.1, 0.15) is 10.4 Å². The van der Waals surface area contributed by atoms with Crippen molar-refractivity contribution in [1.82, 2.24) is 0 Å². The van der Waals surface area contributed by atoms with Crippen LogP contribution in [0, 0.1) is 0 Å². The molecule has 0 aliphatic carbocycles. The van der Waals surface area contributed by atoms with E-state index in [2.05, 4.69) is 4.74 Å². The van der Waals surface area contributed by atoms with E-state index >= 15 is 0 Å². The van der Waals surface area contributed by atoms with Gasteiger partial charge in [0.1, 0.15) is 19.0 Å². The molecular weight excluding hydrogens is 248 g/mol. The van der Waals surface area contributed by atoms with Crippen molar-refractivity contribution in [2.75, 3.05) is 20.3 Å². The molecule has 92 valence electrons. The van der Waals surface area contributed by atoms with Gasteiger partial charge in [0.05, 0.1) is 12.1 Å². The molecule has 1 aromatic rings. The molecule has 0 saturated heterocycles. The minimum Gasteiger partial charge on any atom is -0.497 e. The number of halogens is 1. The van der Waals surface area contributed by atoms with Crippen LogP contribution in [0.3, 0.4) is 0 Å². The second-order valence-electron chi connectivity index (χ2n) is 3.16. The van der Waals surface area contributed by atoms with Gasteiger partial charge in [0.2, 0.25) is 0 Å². The van der Waals surface area contributed by atoms with Crippen molar-refractivity contribution in [3.8, 4) is 5.75 Å². The Bertz CT molecular complexity index is 430. The summed E-state index contributed by atoms with van der Waals surface area (Å²) in [6.45, 7) is -0.835. The number of aliphatic carboxylic acids is 1. The smallest absolute Gasteiger partial charge is 0.329 e. The Kier molecular flexibility index (Phi) is 4.93. The Balaban J connectivity index is 2.66. The monoisotopic (exact) mass is 258 g/mol. The Labute approximate surface area is 103 Å². The number of carboxylic acid groups (broad SMARTS) is 1. The lowest BCUT2D eigenvalue weighted by molar-refractivity contribution is -0.141. The first-order chi connectivity index (χ1) is 8.04. The Morgan fingerprint density at radius 2 is 2.06 bits per heavy atom. The average molecular weight is 259 g/mol. The minimum absolute atomic E-state index is 0.244. The molecule has 0 fully saturated rings. The van der Waals surface area contributed by atoms with Crippen molar-refractivity contribution < 1.29 is 24.2 Å². The van der Waals surface area contributed by atoms with Crippen LogP contribution >= 0.6 is 11.6 Å². The van der Waals surface area contributed by atoms with E-state index in [1.54, 1.807) is 6.07 Å². The molecule has 0 amide bonds. The molecule has 0 heterocycles. The number of ether oxygens (including phenoxy) is 2. The normalized spacial score (nSPS) is 10.0. The highest BCUT2D eigenvalue weighted by molar-refractivity contribution is 6.34. The summed E-state index contributed by atoms with van der Waals surface area (Å²) in [6, 6.07) is 4.61. The van der Waals surface area contributed by atoms with E-state index in [4.69, 9.17) is 21.4 Å². The van der Waals surface area contributed by atoms with Crippen molar-refractivity contribution in [3.05, 3.63) is 28.8 Å². The van der Waals surface area contributed by atoms with Crippen LogP contribution < -0.4 is 4.74 Å². The van der Waals surface area contributed by atoms with Crippen LogP contribution in [0.25, 0.3) is 0 Å². The van der Waals surface area contributed by atoms with Gasteiger partial charge in [-0.25, -0.2) is 4.79 Å².